The largest absolute Gasteiger partial charge is 0.755 e. The van der Waals surface area contributed by atoms with Crippen LogP contribution in [0.3, 0.4) is 0 Å². The molecule has 1 heterocycles. The van der Waals surface area contributed by atoms with Crippen molar-refractivity contribution in [2.75, 3.05) is 4.31 Å². The minimum absolute atomic E-state index is 0.00816. The second-order valence-electron chi connectivity index (χ2n) is 6.01. The van der Waals surface area contributed by atoms with Gasteiger partial charge in [-0.3, -0.25) is 8.51 Å². The number of halogens is 2. The first-order valence-electron chi connectivity index (χ1n) is 8.07. The quantitative estimate of drug-likeness (QED) is 0.459. The molecule has 0 aliphatic heterocycles. The third-order valence-electron chi connectivity index (χ3n) is 4.12. The van der Waals surface area contributed by atoms with E-state index in [-0.39, 0.29) is 22.1 Å². The Hall–Kier alpha value is -3.01. The Morgan fingerprint density at radius 2 is 1.93 bits per heavy atom. The van der Waals surface area contributed by atoms with E-state index in [0.717, 1.165) is 16.4 Å². The molecule has 1 atom stereocenters. The molecule has 0 spiro atoms. The average Bonchev–Trinajstić information content (AvgIpc) is 2.65. The molecule has 3 rings (SSSR count). The summed E-state index contributed by atoms with van der Waals surface area (Å²) in [4.78, 5) is 15.1. The van der Waals surface area contributed by atoms with Gasteiger partial charge in [-0.05, 0) is 48.4 Å². The van der Waals surface area contributed by atoms with Gasteiger partial charge in [0.2, 0.25) is 0 Å². The van der Waals surface area contributed by atoms with Crippen molar-refractivity contribution in [1.82, 2.24) is 4.98 Å². The molecule has 10 heteroatoms. The number of carboxylic acids is 1. The second-order valence-corrected chi connectivity index (χ2v) is 7.17. The van der Waals surface area contributed by atoms with E-state index in [9.17, 15) is 23.1 Å². The van der Waals surface area contributed by atoms with E-state index in [2.05, 4.69) is 4.98 Å². The molecule has 0 aliphatic carbocycles. The number of phenols is 1. The highest BCUT2D eigenvalue weighted by atomic mass is 35.5. The van der Waals surface area contributed by atoms with Gasteiger partial charge >= 0.3 is 5.97 Å². The van der Waals surface area contributed by atoms with E-state index in [1.807, 2.05) is 0 Å². The van der Waals surface area contributed by atoms with Crippen LogP contribution >= 0.6 is 11.6 Å². The Morgan fingerprint density at radius 3 is 2.52 bits per heavy atom. The van der Waals surface area contributed by atoms with Gasteiger partial charge in [-0.15, -0.1) is 0 Å². The van der Waals surface area contributed by atoms with Crippen LogP contribution < -0.4 is 4.31 Å². The number of carboxylic acid groups (broad SMARTS) is 1. The van der Waals surface area contributed by atoms with Crippen LogP contribution in [0, 0.1) is 12.7 Å². The topological polar surface area (TPSA) is 114 Å². The number of aryl methyl sites for hydroxylation is 1. The van der Waals surface area contributed by atoms with Crippen molar-refractivity contribution >= 4 is 40.2 Å². The highest BCUT2D eigenvalue weighted by Crippen LogP contribution is 2.35. The number of benzene rings is 2. The summed E-state index contributed by atoms with van der Waals surface area (Å²) in [6, 6.07) is 9.07. The molecule has 0 amide bonds. The van der Waals surface area contributed by atoms with Crippen LogP contribution in [0.2, 0.25) is 5.15 Å². The Balaban J connectivity index is 2.11. The molecule has 0 saturated carbocycles. The first kappa shape index (κ1) is 20.7. The molecule has 2 N–H and O–H groups in total. The van der Waals surface area contributed by atoms with Crippen LogP contribution in [0.15, 0.2) is 48.7 Å². The molecular weight excluding hydrogens is 423 g/mol. The summed E-state index contributed by atoms with van der Waals surface area (Å²) >= 11 is 3.32. The average molecular weight is 436 g/mol. The Bertz CT molecular complexity index is 1140. The number of aromatic hydroxyl groups is 1. The van der Waals surface area contributed by atoms with Crippen LogP contribution in [0.5, 0.6) is 5.75 Å². The third-order valence-corrected chi connectivity index (χ3v) is 5.14. The molecular formula is C19H13ClFN2O5S-. The predicted octanol–water partition coefficient (Wildman–Crippen LogP) is 4.19. The van der Waals surface area contributed by atoms with E-state index in [4.69, 9.17) is 16.7 Å². The number of nitrogens with zero attached hydrogens (tertiary/aromatic N) is 2. The van der Waals surface area contributed by atoms with E-state index in [1.54, 1.807) is 13.0 Å². The fourth-order valence-corrected chi connectivity index (χ4v) is 3.48. The maximum atomic E-state index is 13.6. The zero-order chi connectivity index (χ0) is 21.3. The summed E-state index contributed by atoms with van der Waals surface area (Å²) < 4.78 is 38.1. The van der Waals surface area contributed by atoms with Gasteiger partial charge < -0.3 is 14.8 Å². The summed E-state index contributed by atoms with van der Waals surface area (Å²) in [7, 11) is 0. The van der Waals surface area contributed by atoms with Gasteiger partial charge in [0.05, 0.1) is 28.8 Å². The highest BCUT2D eigenvalue weighted by Gasteiger charge is 2.18. The van der Waals surface area contributed by atoms with Crippen LogP contribution in [0.1, 0.15) is 15.9 Å². The van der Waals surface area contributed by atoms with Crippen LogP contribution in [0.25, 0.3) is 11.1 Å². The van der Waals surface area contributed by atoms with Crippen molar-refractivity contribution in [3.05, 3.63) is 70.8 Å². The highest BCUT2D eigenvalue weighted by molar-refractivity contribution is 7.81. The van der Waals surface area contributed by atoms with Gasteiger partial charge in [0, 0.05) is 11.6 Å². The van der Waals surface area contributed by atoms with Crippen molar-refractivity contribution in [1.29, 1.82) is 0 Å². The zero-order valence-electron chi connectivity index (χ0n) is 14.8. The predicted molar refractivity (Wildman–Crippen MR) is 106 cm³/mol. The van der Waals surface area contributed by atoms with Crippen molar-refractivity contribution in [3.63, 3.8) is 0 Å². The van der Waals surface area contributed by atoms with Crippen LogP contribution in [0.4, 0.5) is 15.8 Å². The molecule has 7 nitrogen and oxygen atoms in total. The number of pyridine rings is 1. The van der Waals surface area contributed by atoms with Crippen molar-refractivity contribution < 1.29 is 28.2 Å². The smallest absolute Gasteiger partial charge is 0.339 e. The summed E-state index contributed by atoms with van der Waals surface area (Å²) in [5.41, 5.74) is 0.982. The lowest BCUT2D eigenvalue weighted by Crippen LogP contribution is -2.20. The number of aromatic nitrogens is 1. The van der Waals surface area contributed by atoms with Crippen LogP contribution in [-0.4, -0.2) is 29.9 Å². The molecule has 1 unspecified atom stereocenters. The SMILES string of the molecule is Cc1cc(-c2cc(N(c3ccc(C(=O)O)c(O)c3)S(=O)[O-])cnc2Cl)ccc1F. The van der Waals surface area contributed by atoms with E-state index in [0.29, 0.717) is 16.7 Å². The van der Waals surface area contributed by atoms with Gasteiger partial charge in [-0.1, -0.05) is 17.7 Å². The van der Waals surface area contributed by atoms with Gasteiger partial charge in [0.15, 0.2) is 0 Å². The number of carbonyl (C=O) groups is 1. The van der Waals surface area contributed by atoms with Gasteiger partial charge in [-0.25, -0.2) is 14.2 Å². The molecule has 0 aliphatic rings. The summed E-state index contributed by atoms with van der Waals surface area (Å²) in [5.74, 6) is -2.35. The maximum Gasteiger partial charge on any atom is 0.339 e. The van der Waals surface area contributed by atoms with Crippen molar-refractivity contribution in [2.24, 2.45) is 0 Å². The molecule has 2 aromatic carbocycles. The molecule has 1 aromatic heterocycles. The van der Waals surface area contributed by atoms with Crippen molar-refractivity contribution in [3.8, 4) is 16.9 Å². The summed E-state index contributed by atoms with van der Waals surface area (Å²) in [6.07, 6.45) is 1.21. The molecule has 3 aromatic rings. The second kappa shape index (κ2) is 8.16. The number of aromatic carboxylic acids is 1. The maximum absolute atomic E-state index is 13.6. The molecule has 0 saturated heterocycles. The lowest BCUT2D eigenvalue weighted by Gasteiger charge is -2.27. The molecule has 150 valence electrons. The molecule has 0 fully saturated rings. The molecule has 0 radical (unpaired) electrons. The number of hydrogen-bond donors (Lipinski definition) is 2. The Kier molecular flexibility index (Phi) is 5.83. The first-order chi connectivity index (χ1) is 13.7. The van der Waals surface area contributed by atoms with Crippen molar-refractivity contribution in [2.45, 2.75) is 6.92 Å². The van der Waals surface area contributed by atoms with E-state index in [1.165, 1.54) is 30.5 Å². The third kappa shape index (κ3) is 4.21. The van der Waals surface area contributed by atoms with Gasteiger partial charge in [0.1, 0.15) is 22.3 Å². The van der Waals surface area contributed by atoms with E-state index < -0.39 is 28.8 Å². The molecule has 0 bridgehead atoms. The number of anilines is 2. The minimum atomic E-state index is -2.83. The monoisotopic (exact) mass is 435 g/mol. The fourth-order valence-electron chi connectivity index (χ4n) is 2.71. The fraction of sp³-hybridized carbons (Fsp3) is 0.0526. The standard InChI is InChI=1S/C19H14ClFN2O5S/c1-10-6-11(2-5-16(10)21)15-7-13(9-22-18(15)20)23(29(27)28)12-3-4-14(19(25)26)17(24)8-12/h2-9,24H,1H3,(H,25,26)(H,27,28)/p-1. The zero-order valence-corrected chi connectivity index (χ0v) is 16.4. The number of rotatable bonds is 5. The molecule has 29 heavy (non-hydrogen) atoms. The summed E-state index contributed by atoms with van der Waals surface area (Å²) in [6.45, 7) is 1.58. The van der Waals surface area contributed by atoms with Gasteiger partial charge in [-0.2, -0.15) is 0 Å². The summed E-state index contributed by atoms with van der Waals surface area (Å²) in [5, 5.41) is 19.0. The minimum Gasteiger partial charge on any atom is -0.755 e. The van der Waals surface area contributed by atoms with E-state index >= 15 is 0 Å². The Morgan fingerprint density at radius 1 is 1.21 bits per heavy atom. The lowest BCUT2D eigenvalue weighted by molar-refractivity contribution is 0.0693. The van der Waals surface area contributed by atoms with Crippen LogP contribution in [-0.2, 0) is 11.3 Å². The first-order valence-corrected chi connectivity index (χ1v) is 9.48. The number of hydrogen-bond acceptors (Lipinski definition) is 5. The van der Waals surface area contributed by atoms with Gasteiger partial charge in [0.25, 0.3) is 0 Å². The Labute approximate surface area is 172 Å². The normalized spacial score (nSPS) is 11.9. The lowest BCUT2D eigenvalue weighted by atomic mass is 10.0.